The minimum atomic E-state index is -3.98. The third-order valence-corrected chi connectivity index (χ3v) is 6.76. The first-order valence-corrected chi connectivity index (χ1v) is 11.9. The molecule has 0 aliphatic heterocycles. The first-order chi connectivity index (χ1) is 15.3. The summed E-state index contributed by atoms with van der Waals surface area (Å²) < 4.78 is 33.4. The Balaban J connectivity index is 1.73. The zero-order valence-corrected chi connectivity index (χ0v) is 19.4. The number of amides is 1. The van der Waals surface area contributed by atoms with Gasteiger partial charge in [0.05, 0.1) is 16.6 Å². The number of hydrogen-bond acceptors (Lipinski definition) is 4. The Morgan fingerprint density at radius 2 is 1.62 bits per heavy atom. The van der Waals surface area contributed by atoms with Crippen LogP contribution in [-0.2, 0) is 14.8 Å². The molecule has 0 aromatic heterocycles. The fourth-order valence-corrected chi connectivity index (χ4v) is 4.62. The molecule has 0 aliphatic rings. The van der Waals surface area contributed by atoms with Crippen molar-refractivity contribution >= 4 is 33.2 Å². The maximum Gasteiger partial charge on any atom is 0.264 e. The highest BCUT2D eigenvalue weighted by molar-refractivity contribution is 7.92. The summed E-state index contributed by atoms with van der Waals surface area (Å²) in [4.78, 5) is 12.8. The molecule has 1 amide bonds. The third-order valence-electron chi connectivity index (χ3n) is 4.72. The highest BCUT2D eigenvalue weighted by Crippen LogP contribution is 2.24. The number of halogens is 1. The number of anilines is 1. The number of rotatable bonds is 9. The van der Waals surface area contributed by atoms with E-state index in [1.54, 1.807) is 37.3 Å². The molecule has 8 heteroatoms. The van der Waals surface area contributed by atoms with Gasteiger partial charge in [0.2, 0.25) is 5.91 Å². The second-order valence-corrected chi connectivity index (χ2v) is 9.64. The number of ether oxygens (including phenoxy) is 1. The third kappa shape index (κ3) is 6.02. The Morgan fingerprint density at radius 1 is 1.00 bits per heavy atom. The number of benzene rings is 3. The molecule has 1 unspecified atom stereocenters. The van der Waals surface area contributed by atoms with Crippen LogP contribution in [0.1, 0.15) is 12.5 Å². The van der Waals surface area contributed by atoms with Gasteiger partial charge in [-0.25, -0.2) is 8.42 Å². The minimum absolute atomic E-state index is 0.0505. The summed E-state index contributed by atoms with van der Waals surface area (Å²) in [7, 11) is -3.98. The highest BCUT2D eigenvalue weighted by Gasteiger charge is 2.27. The Morgan fingerprint density at radius 3 is 2.28 bits per heavy atom. The molecule has 1 N–H and O–H groups in total. The quantitative estimate of drug-likeness (QED) is 0.500. The van der Waals surface area contributed by atoms with E-state index in [1.165, 1.54) is 24.3 Å². The molecule has 3 aromatic rings. The molecular formula is C24H25ClN2O4S. The van der Waals surface area contributed by atoms with Gasteiger partial charge in [-0.15, -0.1) is 0 Å². The summed E-state index contributed by atoms with van der Waals surface area (Å²) in [5.74, 6) is 0.303. The number of aryl methyl sites for hydroxylation is 1. The van der Waals surface area contributed by atoms with Crippen LogP contribution in [0.4, 0.5) is 5.69 Å². The molecule has 0 aliphatic carbocycles. The van der Waals surface area contributed by atoms with Crippen LogP contribution in [0, 0.1) is 6.92 Å². The summed E-state index contributed by atoms with van der Waals surface area (Å²) in [5.41, 5.74) is 1.39. The fraction of sp³-hybridized carbons (Fsp3) is 0.208. The van der Waals surface area contributed by atoms with Crippen molar-refractivity contribution in [1.82, 2.24) is 5.32 Å². The summed E-state index contributed by atoms with van der Waals surface area (Å²) in [6.45, 7) is 3.63. The van der Waals surface area contributed by atoms with Crippen LogP contribution < -0.4 is 14.4 Å². The van der Waals surface area contributed by atoms with Crippen LogP contribution in [-0.4, -0.2) is 33.5 Å². The van der Waals surface area contributed by atoms with E-state index in [0.717, 1.165) is 15.6 Å². The molecule has 0 spiro atoms. The lowest BCUT2D eigenvalue weighted by molar-refractivity contribution is -0.120. The highest BCUT2D eigenvalue weighted by atomic mass is 35.5. The van der Waals surface area contributed by atoms with Gasteiger partial charge in [0.25, 0.3) is 10.0 Å². The molecule has 1 atom stereocenters. The number of para-hydroxylation sites is 2. The lowest BCUT2D eigenvalue weighted by atomic mass is 10.2. The molecule has 6 nitrogen and oxygen atoms in total. The zero-order valence-electron chi connectivity index (χ0n) is 17.9. The van der Waals surface area contributed by atoms with Crippen molar-refractivity contribution in [2.45, 2.75) is 24.8 Å². The van der Waals surface area contributed by atoms with Gasteiger partial charge in [0.15, 0.2) is 0 Å². The van der Waals surface area contributed by atoms with E-state index >= 15 is 0 Å². The molecule has 0 fully saturated rings. The minimum Gasteiger partial charge on any atom is -0.491 e. The summed E-state index contributed by atoms with van der Waals surface area (Å²) >= 11 is 5.90. The molecule has 0 saturated carbocycles. The first kappa shape index (κ1) is 23.6. The maximum absolute atomic E-state index is 13.3. The number of nitrogens with one attached hydrogen (secondary N) is 1. The van der Waals surface area contributed by atoms with Gasteiger partial charge in [0, 0.05) is 5.02 Å². The van der Waals surface area contributed by atoms with E-state index in [9.17, 15) is 13.2 Å². The Hall–Kier alpha value is -3.03. The Kier molecular flexibility index (Phi) is 7.77. The number of sulfonamides is 1. The number of carbonyl (C=O) groups excluding carboxylic acids is 1. The molecule has 168 valence electrons. The topological polar surface area (TPSA) is 75.7 Å². The largest absolute Gasteiger partial charge is 0.491 e. The molecule has 0 heterocycles. The molecule has 32 heavy (non-hydrogen) atoms. The van der Waals surface area contributed by atoms with Crippen molar-refractivity contribution in [1.29, 1.82) is 0 Å². The smallest absolute Gasteiger partial charge is 0.264 e. The van der Waals surface area contributed by atoms with Crippen molar-refractivity contribution in [3.8, 4) is 5.75 Å². The molecule has 0 saturated heterocycles. The molecular weight excluding hydrogens is 448 g/mol. The van der Waals surface area contributed by atoms with Crippen molar-refractivity contribution in [3.63, 3.8) is 0 Å². The predicted molar refractivity (Wildman–Crippen MR) is 127 cm³/mol. The number of hydrogen-bond donors (Lipinski definition) is 1. The van der Waals surface area contributed by atoms with E-state index in [1.807, 2.05) is 31.2 Å². The maximum atomic E-state index is 13.3. The SMILES string of the molecule is Cc1ccccc1OCC(C)NC(=O)CN(c1ccccc1)S(=O)(=O)c1ccc(Cl)cc1. The van der Waals surface area contributed by atoms with Gasteiger partial charge >= 0.3 is 0 Å². The predicted octanol–water partition coefficient (Wildman–Crippen LogP) is 4.43. The first-order valence-electron chi connectivity index (χ1n) is 10.1. The van der Waals surface area contributed by atoms with E-state index in [-0.39, 0.29) is 24.1 Å². The monoisotopic (exact) mass is 472 g/mol. The molecule has 0 radical (unpaired) electrons. The average Bonchev–Trinajstić information content (AvgIpc) is 2.77. The molecule has 3 aromatic carbocycles. The lowest BCUT2D eigenvalue weighted by Gasteiger charge is -2.25. The second kappa shape index (κ2) is 10.5. The van der Waals surface area contributed by atoms with E-state index in [4.69, 9.17) is 16.3 Å². The van der Waals surface area contributed by atoms with E-state index < -0.39 is 15.9 Å². The standard InChI is InChI=1S/C24H25ClN2O4S/c1-18-8-6-7-11-23(18)31-17-19(2)26-24(28)16-27(21-9-4-3-5-10-21)32(29,30)22-14-12-20(25)13-15-22/h3-15,19H,16-17H2,1-2H3,(H,26,28). The second-order valence-electron chi connectivity index (χ2n) is 7.35. The fourth-order valence-electron chi connectivity index (χ4n) is 3.07. The normalized spacial score (nSPS) is 12.1. The number of nitrogens with zero attached hydrogens (tertiary/aromatic N) is 1. The summed E-state index contributed by atoms with van der Waals surface area (Å²) in [6, 6.07) is 21.6. The van der Waals surface area contributed by atoms with Gasteiger partial charge in [-0.05, 0) is 61.9 Å². The van der Waals surface area contributed by atoms with Crippen LogP contribution in [0.2, 0.25) is 5.02 Å². The van der Waals surface area contributed by atoms with Gasteiger partial charge in [-0.3, -0.25) is 9.10 Å². The van der Waals surface area contributed by atoms with Crippen LogP contribution in [0.25, 0.3) is 0 Å². The molecule has 3 rings (SSSR count). The van der Waals surface area contributed by atoms with Crippen molar-refractivity contribution in [2.24, 2.45) is 0 Å². The van der Waals surface area contributed by atoms with Gasteiger partial charge in [-0.1, -0.05) is 48.0 Å². The van der Waals surface area contributed by atoms with E-state index in [2.05, 4.69) is 5.32 Å². The Bertz CT molecular complexity index is 1150. The van der Waals surface area contributed by atoms with Crippen LogP contribution in [0.5, 0.6) is 5.75 Å². The van der Waals surface area contributed by atoms with Gasteiger partial charge in [0.1, 0.15) is 18.9 Å². The van der Waals surface area contributed by atoms with E-state index in [0.29, 0.717) is 10.7 Å². The van der Waals surface area contributed by atoms with Crippen LogP contribution in [0.3, 0.4) is 0 Å². The summed E-state index contributed by atoms with van der Waals surface area (Å²) in [6.07, 6.45) is 0. The Labute approximate surface area is 193 Å². The molecule has 0 bridgehead atoms. The van der Waals surface area contributed by atoms with Gasteiger partial charge < -0.3 is 10.1 Å². The zero-order chi connectivity index (χ0) is 23.1. The summed E-state index contributed by atoms with van der Waals surface area (Å²) in [5, 5.41) is 3.24. The lowest BCUT2D eigenvalue weighted by Crippen LogP contribution is -2.45. The van der Waals surface area contributed by atoms with Crippen molar-refractivity contribution < 1.29 is 17.9 Å². The van der Waals surface area contributed by atoms with Gasteiger partial charge in [-0.2, -0.15) is 0 Å². The van der Waals surface area contributed by atoms with Crippen molar-refractivity contribution in [3.05, 3.63) is 89.4 Å². The van der Waals surface area contributed by atoms with Crippen molar-refractivity contribution in [2.75, 3.05) is 17.5 Å². The van der Waals surface area contributed by atoms with Crippen LogP contribution in [0.15, 0.2) is 83.8 Å². The number of carbonyl (C=O) groups is 1. The van der Waals surface area contributed by atoms with Crippen LogP contribution >= 0.6 is 11.6 Å². The average molecular weight is 473 g/mol.